The lowest BCUT2D eigenvalue weighted by molar-refractivity contribution is 0.103. The van der Waals surface area contributed by atoms with Crippen LogP contribution in [0.1, 0.15) is 9.67 Å². The van der Waals surface area contributed by atoms with Crippen molar-refractivity contribution in [2.24, 2.45) is 0 Å². The van der Waals surface area contributed by atoms with Gasteiger partial charge in [-0.3, -0.25) is 4.79 Å². The largest absolute Gasteiger partial charge is 0.399 e. The summed E-state index contributed by atoms with van der Waals surface area (Å²) in [7, 11) is 0. The molecule has 5 heteroatoms. The van der Waals surface area contributed by atoms with Crippen molar-refractivity contribution >= 4 is 38.7 Å². The highest BCUT2D eigenvalue weighted by atomic mass is 32.1. The van der Waals surface area contributed by atoms with Crippen LogP contribution in [0.5, 0.6) is 0 Å². The highest BCUT2D eigenvalue weighted by molar-refractivity contribution is 7.20. The van der Waals surface area contributed by atoms with E-state index in [2.05, 4.69) is 5.32 Å². The summed E-state index contributed by atoms with van der Waals surface area (Å²) in [5, 5.41) is 3.68. The molecule has 0 aliphatic carbocycles. The van der Waals surface area contributed by atoms with Crippen molar-refractivity contribution in [3.05, 3.63) is 59.2 Å². The van der Waals surface area contributed by atoms with Crippen molar-refractivity contribution in [1.29, 1.82) is 0 Å². The Labute approximate surface area is 118 Å². The molecule has 0 aliphatic rings. The number of carbonyl (C=O) groups excluding carboxylic acids is 1. The number of carbonyl (C=O) groups is 1. The second-order valence-electron chi connectivity index (χ2n) is 4.37. The predicted molar refractivity (Wildman–Crippen MR) is 80.6 cm³/mol. The number of hydrogen-bond donors (Lipinski definition) is 2. The van der Waals surface area contributed by atoms with Crippen molar-refractivity contribution in [3.8, 4) is 0 Å². The normalized spacial score (nSPS) is 10.7. The first-order chi connectivity index (χ1) is 9.61. The number of hydrogen-bond acceptors (Lipinski definition) is 3. The topological polar surface area (TPSA) is 55.1 Å². The van der Waals surface area contributed by atoms with Crippen LogP contribution >= 0.6 is 11.3 Å². The van der Waals surface area contributed by atoms with Gasteiger partial charge in [-0.1, -0.05) is 0 Å². The van der Waals surface area contributed by atoms with Gasteiger partial charge in [-0.05, 0) is 53.9 Å². The third-order valence-electron chi connectivity index (χ3n) is 2.87. The van der Waals surface area contributed by atoms with Gasteiger partial charge in [0, 0.05) is 16.1 Å². The summed E-state index contributed by atoms with van der Waals surface area (Å²) in [6.07, 6.45) is 0. The number of rotatable bonds is 2. The van der Waals surface area contributed by atoms with E-state index >= 15 is 0 Å². The lowest BCUT2D eigenvalue weighted by Gasteiger charge is -2.02. The maximum atomic E-state index is 12.8. The highest BCUT2D eigenvalue weighted by Gasteiger charge is 2.10. The Bertz CT molecular complexity index is 780. The minimum Gasteiger partial charge on any atom is -0.399 e. The molecule has 1 aromatic heterocycles. The first kappa shape index (κ1) is 12.6. The fourth-order valence-corrected chi connectivity index (χ4v) is 2.84. The van der Waals surface area contributed by atoms with Gasteiger partial charge >= 0.3 is 0 Å². The molecule has 0 bridgehead atoms. The van der Waals surface area contributed by atoms with Crippen molar-refractivity contribution in [1.82, 2.24) is 0 Å². The number of benzene rings is 2. The molecule has 0 aliphatic heterocycles. The number of amides is 1. The van der Waals surface area contributed by atoms with Crippen LogP contribution in [0.2, 0.25) is 0 Å². The number of nitrogen functional groups attached to an aromatic ring is 1. The van der Waals surface area contributed by atoms with Gasteiger partial charge in [0.1, 0.15) is 5.82 Å². The van der Waals surface area contributed by atoms with Gasteiger partial charge < -0.3 is 11.1 Å². The Balaban J connectivity index is 1.86. The first-order valence-electron chi connectivity index (χ1n) is 5.98. The van der Waals surface area contributed by atoms with Gasteiger partial charge in [0.05, 0.1) is 4.88 Å². The Kier molecular flexibility index (Phi) is 3.12. The van der Waals surface area contributed by atoms with E-state index in [0.29, 0.717) is 16.3 Å². The quantitative estimate of drug-likeness (QED) is 0.702. The smallest absolute Gasteiger partial charge is 0.265 e. The Morgan fingerprint density at radius 2 is 1.85 bits per heavy atom. The molecule has 100 valence electrons. The van der Waals surface area contributed by atoms with E-state index in [1.807, 2.05) is 12.1 Å². The second kappa shape index (κ2) is 4.94. The van der Waals surface area contributed by atoms with E-state index in [4.69, 9.17) is 5.73 Å². The molecule has 0 unspecified atom stereocenters. The van der Waals surface area contributed by atoms with E-state index in [1.165, 1.54) is 35.6 Å². The summed E-state index contributed by atoms with van der Waals surface area (Å²) in [4.78, 5) is 12.7. The van der Waals surface area contributed by atoms with Gasteiger partial charge in [-0.25, -0.2) is 4.39 Å². The second-order valence-corrected chi connectivity index (χ2v) is 5.45. The molecule has 3 nitrogen and oxygen atoms in total. The van der Waals surface area contributed by atoms with Crippen LogP contribution in [0.25, 0.3) is 10.1 Å². The first-order valence-corrected chi connectivity index (χ1v) is 6.79. The summed E-state index contributed by atoms with van der Waals surface area (Å²) in [5.41, 5.74) is 6.95. The highest BCUT2D eigenvalue weighted by Crippen LogP contribution is 2.27. The fraction of sp³-hybridized carbons (Fsp3) is 0. The lowest BCUT2D eigenvalue weighted by Crippen LogP contribution is -2.09. The van der Waals surface area contributed by atoms with Crippen LogP contribution in [0.4, 0.5) is 15.8 Å². The van der Waals surface area contributed by atoms with Gasteiger partial charge in [0.25, 0.3) is 5.91 Å². The zero-order valence-corrected chi connectivity index (χ0v) is 11.2. The Morgan fingerprint density at radius 1 is 1.10 bits per heavy atom. The molecule has 3 N–H and O–H groups in total. The van der Waals surface area contributed by atoms with E-state index in [9.17, 15) is 9.18 Å². The molecule has 20 heavy (non-hydrogen) atoms. The molecule has 0 fully saturated rings. The monoisotopic (exact) mass is 286 g/mol. The molecule has 0 atom stereocenters. The van der Waals surface area contributed by atoms with E-state index in [-0.39, 0.29) is 11.7 Å². The van der Waals surface area contributed by atoms with Gasteiger partial charge in [0.15, 0.2) is 0 Å². The van der Waals surface area contributed by atoms with Crippen molar-refractivity contribution < 1.29 is 9.18 Å². The summed E-state index contributed by atoms with van der Waals surface area (Å²) >= 11 is 1.39. The summed E-state index contributed by atoms with van der Waals surface area (Å²) in [5.74, 6) is -0.545. The van der Waals surface area contributed by atoms with Gasteiger partial charge in [-0.2, -0.15) is 0 Å². The van der Waals surface area contributed by atoms with Crippen molar-refractivity contribution in [2.75, 3.05) is 11.1 Å². The van der Waals surface area contributed by atoms with E-state index in [1.54, 1.807) is 12.1 Å². The average molecular weight is 286 g/mol. The van der Waals surface area contributed by atoms with Crippen LogP contribution < -0.4 is 11.1 Å². The average Bonchev–Trinajstić information content (AvgIpc) is 2.84. The van der Waals surface area contributed by atoms with E-state index < -0.39 is 0 Å². The van der Waals surface area contributed by atoms with Crippen molar-refractivity contribution in [2.45, 2.75) is 0 Å². The lowest BCUT2D eigenvalue weighted by atomic mass is 10.2. The van der Waals surface area contributed by atoms with Gasteiger partial charge in [-0.15, -0.1) is 11.3 Å². The van der Waals surface area contributed by atoms with Crippen LogP contribution in [0.15, 0.2) is 48.5 Å². The van der Waals surface area contributed by atoms with Crippen LogP contribution in [-0.2, 0) is 0 Å². The van der Waals surface area contributed by atoms with Crippen molar-refractivity contribution in [3.63, 3.8) is 0 Å². The minimum absolute atomic E-state index is 0.212. The Hall–Kier alpha value is -2.40. The summed E-state index contributed by atoms with van der Waals surface area (Å²) in [6, 6.07) is 13.0. The third kappa shape index (κ3) is 2.48. The van der Waals surface area contributed by atoms with Crippen LogP contribution in [-0.4, -0.2) is 5.91 Å². The molecule has 0 spiro atoms. The minimum atomic E-state index is -0.333. The molecule has 0 saturated carbocycles. The maximum absolute atomic E-state index is 12.8. The molecular formula is C15H11FN2OS. The Morgan fingerprint density at radius 3 is 2.60 bits per heavy atom. The summed E-state index contributed by atoms with van der Waals surface area (Å²) in [6.45, 7) is 0. The van der Waals surface area contributed by atoms with Crippen LogP contribution in [0.3, 0.4) is 0 Å². The molecule has 3 rings (SSSR count). The number of nitrogens with one attached hydrogen (secondary N) is 1. The fourth-order valence-electron chi connectivity index (χ4n) is 1.90. The zero-order chi connectivity index (χ0) is 14.1. The number of nitrogens with two attached hydrogens (primary N) is 1. The van der Waals surface area contributed by atoms with Crippen LogP contribution in [0, 0.1) is 5.82 Å². The molecule has 0 radical (unpaired) electrons. The molecule has 2 aromatic carbocycles. The zero-order valence-electron chi connectivity index (χ0n) is 10.4. The number of anilines is 2. The third-order valence-corrected chi connectivity index (χ3v) is 3.98. The van der Waals surface area contributed by atoms with Gasteiger partial charge in [0.2, 0.25) is 0 Å². The molecule has 1 heterocycles. The SMILES string of the molecule is Nc1ccc2sc(C(=O)Nc3ccc(F)cc3)cc2c1. The molecule has 3 aromatic rings. The molecule has 1 amide bonds. The number of fused-ring (bicyclic) bond motifs is 1. The number of thiophene rings is 1. The predicted octanol–water partition coefficient (Wildman–Crippen LogP) is 3.87. The summed E-state index contributed by atoms with van der Waals surface area (Å²) < 4.78 is 13.8. The maximum Gasteiger partial charge on any atom is 0.265 e. The van der Waals surface area contributed by atoms with E-state index in [0.717, 1.165) is 10.1 Å². The number of halogens is 1. The standard InChI is InChI=1S/C15H11FN2OS/c16-10-1-4-12(5-2-10)18-15(19)14-8-9-7-11(17)3-6-13(9)20-14/h1-8H,17H2,(H,18,19). The molecule has 0 saturated heterocycles. The molecular weight excluding hydrogens is 275 g/mol.